The van der Waals surface area contributed by atoms with Crippen LogP contribution in [0.15, 0.2) is 22.7 Å². The Morgan fingerprint density at radius 2 is 2.35 bits per heavy atom. The number of amides is 1. The number of nitrogens with zero attached hydrogens (tertiary/aromatic N) is 1. The van der Waals surface area contributed by atoms with E-state index in [2.05, 4.69) is 15.9 Å². The van der Waals surface area contributed by atoms with E-state index in [0.717, 1.165) is 27.5 Å². The molecule has 2 heterocycles. The Kier molecular flexibility index (Phi) is 3.70. The molecular weight excluding hydrogens is 340 g/mol. The number of nitrogens with two attached hydrogens (primary N) is 1. The van der Waals surface area contributed by atoms with E-state index in [9.17, 15) is 4.79 Å². The topological polar surface area (TPSA) is 55.6 Å². The molecule has 106 valence electrons. The van der Waals surface area contributed by atoms with Crippen molar-refractivity contribution in [2.75, 3.05) is 25.9 Å². The summed E-state index contributed by atoms with van der Waals surface area (Å²) in [5, 5.41) is 0.940. The molecule has 1 aromatic carbocycles. The summed E-state index contributed by atoms with van der Waals surface area (Å²) in [5.41, 5.74) is 6.74. The molecule has 1 fully saturated rings. The SMILES string of the molecule is COC1CCN(C(=O)c2sc3ccc(Br)cc3c2N)C1. The summed E-state index contributed by atoms with van der Waals surface area (Å²) >= 11 is 4.89. The lowest BCUT2D eigenvalue weighted by Gasteiger charge is -2.15. The Balaban J connectivity index is 1.94. The number of likely N-dealkylation sites (tertiary alicyclic amines) is 1. The van der Waals surface area contributed by atoms with E-state index in [1.165, 1.54) is 11.3 Å². The van der Waals surface area contributed by atoms with Gasteiger partial charge in [-0.25, -0.2) is 0 Å². The molecule has 0 bridgehead atoms. The first kappa shape index (κ1) is 13.9. The summed E-state index contributed by atoms with van der Waals surface area (Å²) in [7, 11) is 1.68. The van der Waals surface area contributed by atoms with E-state index in [4.69, 9.17) is 10.5 Å². The molecular formula is C14H15BrN2O2S. The minimum absolute atomic E-state index is 0.0133. The number of ether oxygens (including phenoxy) is 1. The quantitative estimate of drug-likeness (QED) is 0.901. The number of halogens is 1. The van der Waals surface area contributed by atoms with E-state index < -0.39 is 0 Å². The van der Waals surface area contributed by atoms with Crippen molar-refractivity contribution in [3.05, 3.63) is 27.5 Å². The normalized spacial score (nSPS) is 18.9. The maximum Gasteiger partial charge on any atom is 0.266 e. The Morgan fingerprint density at radius 3 is 3.05 bits per heavy atom. The number of rotatable bonds is 2. The number of thiophene rings is 1. The van der Waals surface area contributed by atoms with E-state index in [0.29, 0.717) is 17.1 Å². The number of anilines is 1. The van der Waals surface area contributed by atoms with E-state index in [1.54, 1.807) is 7.11 Å². The summed E-state index contributed by atoms with van der Waals surface area (Å²) in [6.07, 6.45) is 1.03. The van der Waals surface area contributed by atoms with Crippen molar-refractivity contribution in [3.63, 3.8) is 0 Å². The second-order valence-electron chi connectivity index (χ2n) is 4.88. The van der Waals surface area contributed by atoms with Gasteiger partial charge in [0.25, 0.3) is 5.91 Å². The zero-order valence-electron chi connectivity index (χ0n) is 11.1. The van der Waals surface area contributed by atoms with Crippen LogP contribution in [-0.4, -0.2) is 37.1 Å². The van der Waals surface area contributed by atoms with Gasteiger partial charge in [0, 0.05) is 34.8 Å². The van der Waals surface area contributed by atoms with Gasteiger partial charge < -0.3 is 15.4 Å². The Labute approximate surface area is 129 Å². The highest BCUT2D eigenvalue weighted by molar-refractivity contribution is 9.10. The Morgan fingerprint density at radius 1 is 1.55 bits per heavy atom. The van der Waals surface area contributed by atoms with Gasteiger partial charge >= 0.3 is 0 Å². The third-order valence-corrected chi connectivity index (χ3v) is 5.32. The first-order valence-corrected chi connectivity index (χ1v) is 8.00. The van der Waals surface area contributed by atoms with Gasteiger partial charge in [-0.1, -0.05) is 15.9 Å². The molecule has 2 aromatic rings. The van der Waals surface area contributed by atoms with Crippen LogP contribution in [0.5, 0.6) is 0 Å². The van der Waals surface area contributed by atoms with Gasteiger partial charge in [-0.15, -0.1) is 11.3 Å². The number of benzene rings is 1. The first-order valence-electron chi connectivity index (χ1n) is 6.39. The molecule has 6 heteroatoms. The second-order valence-corrected chi connectivity index (χ2v) is 6.85. The van der Waals surface area contributed by atoms with Crippen LogP contribution in [0.2, 0.25) is 0 Å². The molecule has 1 amide bonds. The zero-order chi connectivity index (χ0) is 14.3. The fourth-order valence-electron chi connectivity index (χ4n) is 2.50. The van der Waals surface area contributed by atoms with Gasteiger partial charge in [-0.3, -0.25) is 4.79 Å². The van der Waals surface area contributed by atoms with Crippen molar-refractivity contribution in [2.45, 2.75) is 12.5 Å². The van der Waals surface area contributed by atoms with E-state index >= 15 is 0 Å². The zero-order valence-corrected chi connectivity index (χ0v) is 13.5. The average molecular weight is 355 g/mol. The lowest BCUT2D eigenvalue weighted by atomic mass is 10.2. The van der Waals surface area contributed by atoms with Crippen LogP contribution in [0, 0.1) is 0 Å². The van der Waals surface area contributed by atoms with Crippen LogP contribution in [0.3, 0.4) is 0 Å². The highest BCUT2D eigenvalue weighted by Crippen LogP contribution is 2.36. The smallest absolute Gasteiger partial charge is 0.266 e. The molecule has 0 aliphatic carbocycles. The van der Waals surface area contributed by atoms with Crippen molar-refractivity contribution in [1.82, 2.24) is 4.90 Å². The molecule has 20 heavy (non-hydrogen) atoms. The summed E-state index contributed by atoms with van der Waals surface area (Å²) in [4.78, 5) is 15.0. The average Bonchev–Trinajstić information content (AvgIpc) is 3.04. The summed E-state index contributed by atoms with van der Waals surface area (Å²) in [5.74, 6) is 0.0133. The fourth-order valence-corrected chi connectivity index (χ4v) is 3.93. The predicted octanol–water partition coefficient (Wildman–Crippen LogP) is 3.11. The minimum Gasteiger partial charge on any atom is -0.397 e. The maximum atomic E-state index is 12.6. The number of hydrogen-bond donors (Lipinski definition) is 1. The third kappa shape index (κ3) is 2.32. The maximum absolute atomic E-state index is 12.6. The minimum atomic E-state index is 0.0133. The number of hydrogen-bond acceptors (Lipinski definition) is 4. The second kappa shape index (κ2) is 5.35. The number of fused-ring (bicyclic) bond motifs is 1. The first-order chi connectivity index (χ1) is 9.60. The van der Waals surface area contributed by atoms with Gasteiger partial charge in [0.2, 0.25) is 0 Å². The molecule has 1 aliphatic heterocycles. The molecule has 4 nitrogen and oxygen atoms in total. The van der Waals surface area contributed by atoms with Gasteiger partial charge in [0.05, 0.1) is 11.8 Å². The van der Waals surface area contributed by atoms with Crippen LogP contribution >= 0.6 is 27.3 Å². The standard InChI is InChI=1S/C14H15BrN2O2S/c1-19-9-4-5-17(7-9)14(18)13-12(16)10-6-8(15)2-3-11(10)20-13/h2-3,6,9H,4-5,7,16H2,1H3. The van der Waals surface area contributed by atoms with Crippen LogP contribution in [0.25, 0.3) is 10.1 Å². The molecule has 1 aliphatic rings. The van der Waals surface area contributed by atoms with Gasteiger partial charge in [0.15, 0.2) is 0 Å². The van der Waals surface area contributed by atoms with Gasteiger partial charge in [-0.05, 0) is 24.6 Å². The summed E-state index contributed by atoms with van der Waals surface area (Å²) in [6.45, 7) is 1.38. The fraction of sp³-hybridized carbons (Fsp3) is 0.357. The monoisotopic (exact) mass is 354 g/mol. The van der Waals surface area contributed by atoms with E-state index in [1.807, 2.05) is 23.1 Å². The van der Waals surface area contributed by atoms with E-state index in [-0.39, 0.29) is 12.0 Å². The van der Waals surface area contributed by atoms with Crippen molar-refractivity contribution in [2.24, 2.45) is 0 Å². The molecule has 1 saturated heterocycles. The molecule has 2 N–H and O–H groups in total. The lowest BCUT2D eigenvalue weighted by molar-refractivity contribution is 0.0729. The molecule has 1 unspecified atom stereocenters. The van der Waals surface area contributed by atoms with Crippen LogP contribution in [-0.2, 0) is 4.74 Å². The molecule has 3 rings (SSSR count). The molecule has 1 aromatic heterocycles. The Bertz CT molecular complexity index is 670. The van der Waals surface area contributed by atoms with Crippen molar-refractivity contribution in [3.8, 4) is 0 Å². The molecule has 0 spiro atoms. The molecule has 0 radical (unpaired) electrons. The number of carbonyl (C=O) groups is 1. The highest BCUT2D eigenvalue weighted by Gasteiger charge is 2.29. The lowest BCUT2D eigenvalue weighted by Crippen LogP contribution is -2.29. The van der Waals surface area contributed by atoms with Crippen molar-refractivity contribution in [1.29, 1.82) is 0 Å². The Hall–Kier alpha value is -1.11. The number of carbonyl (C=O) groups excluding carboxylic acids is 1. The van der Waals surface area contributed by atoms with Crippen LogP contribution in [0.1, 0.15) is 16.1 Å². The predicted molar refractivity (Wildman–Crippen MR) is 85.3 cm³/mol. The highest BCUT2D eigenvalue weighted by atomic mass is 79.9. The summed E-state index contributed by atoms with van der Waals surface area (Å²) in [6, 6.07) is 5.91. The van der Waals surface area contributed by atoms with Crippen LogP contribution < -0.4 is 5.73 Å². The number of methoxy groups -OCH3 is 1. The van der Waals surface area contributed by atoms with Crippen molar-refractivity contribution >= 4 is 48.9 Å². The van der Waals surface area contributed by atoms with Crippen LogP contribution in [0.4, 0.5) is 5.69 Å². The molecule has 1 atom stereocenters. The summed E-state index contributed by atoms with van der Waals surface area (Å²) < 4.78 is 7.31. The van der Waals surface area contributed by atoms with Gasteiger partial charge in [0.1, 0.15) is 4.88 Å². The van der Waals surface area contributed by atoms with Crippen molar-refractivity contribution < 1.29 is 9.53 Å². The molecule has 0 saturated carbocycles. The number of nitrogen functional groups attached to an aromatic ring is 1. The van der Waals surface area contributed by atoms with Gasteiger partial charge in [-0.2, -0.15) is 0 Å². The third-order valence-electron chi connectivity index (χ3n) is 3.65. The largest absolute Gasteiger partial charge is 0.397 e.